The number of rotatable bonds is 13. The van der Waals surface area contributed by atoms with Gasteiger partial charge in [-0.2, -0.15) is 0 Å². The molecule has 1 aromatic carbocycles. The molecule has 0 aliphatic carbocycles. The zero-order valence-corrected chi connectivity index (χ0v) is 23.3. The van der Waals surface area contributed by atoms with E-state index < -0.39 is 29.7 Å². The summed E-state index contributed by atoms with van der Waals surface area (Å²) in [6, 6.07) is 8.88. The highest BCUT2D eigenvalue weighted by atomic mass is 35.5. The van der Waals surface area contributed by atoms with Crippen molar-refractivity contribution in [3.63, 3.8) is 0 Å². The molecule has 0 fully saturated rings. The Bertz CT molecular complexity index is 830. The van der Waals surface area contributed by atoms with Gasteiger partial charge in [0.1, 0.15) is 0 Å². The van der Waals surface area contributed by atoms with Crippen molar-refractivity contribution in [3.8, 4) is 0 Å². The molecule has 0 aliphatic rings. The highest BCUT2D eigenvalue weighted by Gasteiger charge is 2.35. The van der Waals surface area contributed by atoms with Gasteiger partial charge in [-0.1, -0.05) is 84.0 Å². The van der Waals surface area contributed by atoms with Crippen molar-refractivity contribution in [1.29, 1.82) is 0 Å². The fourth-order valence-electron chi connectivity index (χ4n) is 3.99. The lowest BCUT2D eigenvalue weighted by Crippen LogP contribution is -2.56. The van der Waals surface area contributed by atoms with E-state index in [0.29, 0.717) is 19.4 Å². The summed E-state index contributed by atoms with van der Waals surface area (Å²) in [5.74, 6) is -2.57. The van der Waals surface area contributed by atoms with Crippen molar-refractivity contribution in [2.75, 3.05) is 6.54 Å². The normalized spacial score (nSPS) is 13.9. The number of hydrogen-bond donors (Lipinski definition) is 4. The summed E-state index contributed by atoms with van der Waals surface area (Å²) >= 11 is 0. The van der Waals surface area contributed by atoms with Crippen LogP contribution in [-0.4, -0.2) is 40.5 Å². The molecule has 1 rings (SSSR count). The van der Waals surface area contributed by atoms with Crippen LogP contribution >= 0.6 is 12.4 Å². The van der Waals surface area contributed by atoms with Crippen LogP contribution in [-0.2, 0) is 14.4 Å². The predicted octanol–water partition coefficient (Wildman–Crippen LogP) is 4.18. The van der Waals surface area contributed by atoms with Crippen molar-refractivity contribution in [1.82, 2.24) is 15.9 Å². The van der Waals surface area contributed by atoms with Crippen LogP contribution in [0.2, 0.25) is 0 Å². The topological polar surface area (TPSA) is 125 Å². The highest BCUT2D eigenvalue weighted by molar-refractivity contribution is 5.89. The van der Waals surface area contributed by atoms with Gasteiger partial charge in [0, 0.05) is 6.54 Å². The number of halogens is 1. The molecule has 9 heteroatoms. The predicted molar refractivity (Wildman–Crippen MR) is 146 cm³/mol. The molecular weight excluding hydrogens is 480 g/mol. The number of carbonyl (C=O) groups is 3. The van der Waals surface area contributed by atoms with Gasteiger partial charge in [-0.3, -0.25) is 30.0 Å². The molecule has 3 amide bonds. The molecule has 3 atom stereocenters. The number of allylic oxidation sites excluding steroid dienone is 1. The van der Waals surface area contributed by atoms with E-state index in [-0.39, 0.29) is 42.5 Å². The van der Waals surface area contributed by atoms with E-state index in [1.807, 2.05) is 84.0 Å². The van der Waals surface area contributed by atoms with Crippen LogP contribution in [0.3, 0.4) is 0 Å². The van der Waals surface area contributed by atoms with E-state index in [0.717, 1.165) is 5.56 Å². The summed E-state index contributed by atoms with van der Waals surface area (Å²) in [5.41, 5.74) is 11.6. The molecule has 0 unspecified atom stereocenters. The number of amides is 3. The minimum absolute atomic E-state index is 0. The van der Waals surface area contributed by atoms with Gasteiger partial charge >= 0.3 is 0 Å². The number of hydrogen-bond acceptors (Lipinski definition) is 5. The first-order valence-electron chi connectivity index (χ1n) is 12.5. The molecule has 1 aromatic rings. The Balaban J connectivity index is 0.0000122. The van der Waals surface area contributed by atoms with Gasteiger partial charge < -0.3 is 5.73 Å². The molecule has 0 spiro atoms. The minimum Gasteiger partial charge on any atom is -0.320 e. The summed E-state index contributed by atoms with van der Waals surface area (Å²) in [6.07, 6.45) is 4.85. The number of hydrazine groups is 1. The average molecular weight is 525 g/mol. The molecule has 5 N–H and O–H groups in total. The van der Waals surface area contributed by atoms with Crippen LogP contribution in [0, 0.1) is 29.6 Å². The molecule has 0 aliphatic heterocycles. The molecular formula is C27H45ClN4O4. The van der Waals surface area contributed by atoms with E-state index in [2.05, 4.69) is 5.43 Å². The Morgan fingerprint density at radius 1 is 0.917 bits per heavy atom. The third-order valence-corrected chi connectivity index (χ3v) is 5.60. The number of nitrogens with zero attached hydrogens (tertiary/aromatic N) is 1. The second-order valence-electron chi connectivity index (χ2n) is 10.4. The first-order chi connectivity index (χ1) is 16.5. The summed E-state index contributed by atoms with van der Waals surface area (Å²) in [5, 5.41) is 10.7. The molecule has 0 saturated carbocycles. The average Bonchev–Trinajstić information content (AvgIpc) is 2.79. The summed E-state index contributed by atoms with van der Waals surface area (Å²) in [6.45, 7) is 12.1. The fourth-order valence-corrected chi connectivity index (χ4v) is 3.99. The van der Waals surface area contributed by atoms with Gasteiger partial charge in [0.2, 0.25) is 11.8 Å². The highest BCUT2D eigenvalue weighted by Crippen LogP contribution is 2.26. The Labute approximate surface area is 222 Å². The number of nitrogens with two attached hydrogens (primary N) is 1. The van der Waals surface area contributed by atoms with Crippen LogP contribution < -0.4 is 16.6 Å². The molecule has 0 radical (unpaired) electrons. The van der Waals surface area contributed by atoms with Crippen molar-refractivity contribution in [2.45, 2.75) is 66.8 Å². The van der Waals surface area contributed by atoms with Gasteiger partial charge in [0.05, 0.1) is 17.9 Å². The summed E-state index contributed by atoms with van der Waals surface area (Å²) < 4.78 is 0. The van der Waals surface area contributed by atoms with Crippen molar-refractivity contribution in [2.24, 2.45) is 35.3 Å². The lowest BCUT2D eigenvalue weighted by atomic mass is 9.82. The van der Waals surface area contributed by atoms with Gasteiger partial charge in [0.25, 0.3) is 5.91 Å². The Kier molecular flexibility index (Phi) is 16.0. The van der Waals surface area contributed by atoms with E-state index >= 15 is 0 Å². The van der Waals surface area contributed by atoms with Crippen LogP contribution in [0.1, 0.15) is 66.4 Å². The molecule has 0 saturated heterocycles. The van der Waals surface area contributed by atoms with Crippen LogP contribution in [0.25, 0.3) is 6.08 Å². The monoisotopic (exact) mass is 524 g/mol. The Morgan fingerprint density at radius 2 is 1.50 bits per heavy atom. The zero-order valence-electron chi connectivity index (χ0n) is 22.4. The standard InChI is InChI=1S/C27H44N4O4.ClH/c1-18(2)15-23(22(26(33)30-35)14-10-13-21-11-8-7-9-12-21)25(32)29-31(17-20(5)6)27(34)24(28)16-19(3)4;/h7-13,18-20,22-24,35H,14-17,28H2,1-6H3,(H,29,32)(H,30,33);1H/t22-,23+,24-;/m0./s1. The maximum atomic E-state index is 13.5. The maximum absolute atomic E-state index is 13.5. The number of hydroxylamine groups is 1. The Hall–Kier alpha value is -2.42. The largest absolute Gasteiger partial charge is 0.320 e. The maximum Gasteiger partial charge on any atom is 0.257 e. The number of carbonyl (C=O) groups excluding carboxylic acids is 3. The molecule has 0 heterocycles. The lowest BCUT2D eigenvalue weighted by Gasteiger charge is -2.32. The minimum atomic E-state index is -0.817. The number of benzene rings is 1. The lowest BCUT2D eigenvalue weighted by molar-refractivity contribution is -0.148. The Morgan fingerprint density at radius 3 is 2.00 bits per heavy atom. The summed E-state index contributed by atoms with van der Waals surface area (Å²) in [7, 11) is 0. The molecule has 204 valence electrons. The van der Waals surface area contributed by atoms with Gasteiger partial charge in [-0.25, -0.2) is 5.48 Å². The first kappa shape index (κ1) is 33.6. The molecule has 8 nitrogen and oxygen atoms in total. The van der Waals surface area contributed by atoms with Gasteiger partial charge in [-0.15, -0.1) is 12.4 Å². The van der Waals surface area contributed by atoms with Crippen molar-refractivity contribution < 1.29 is 19.6 Å². The smallest absolute Gasteiger partial charge is 0.257 e. The quantitative estimate of drug-likeness (QED) is 0.227. The first-order valence-corrected chi connectivity index (χ1v) is 12.5. The molecule has 0 aromatic heterocycles. The van der Waals surface area contributed by atoms with Crippen LogP contribution in [0.4, 0.5) is 0 Å². The van der Waals surface area contributed by atoms with Gasteiger partial charge in [-0.05, 0) is 42.6 Å². The fraction of sp³-hybridized carbons (Fsp3) is 0.593. The number of nitrogens with one attached hydrogen (secondary N) is 2. The second-order valence-corrected chi connectivity index (χ2v) is 10.4. The summed E-state index contributed by atoms with van der Waals surface area (Å²) in [4.78, 5) is 39.2. The third kappa shape index (κ3) is 12.0. The van der Waals surface area contributed by atoms with E-state index in [4.69, 9.17) is 5.73 Å². The van der Waals surface area contributed by atoms with E-state index in [1.54, 1.807) is 5.48 Å². The second kappa shape index (κ2) is 17.1. The van der Waals surface area contributed by atoms with E-state index in [9.17, 15) is 19.6 Å². The zero-order chi connectivity index (χ0) is 26.5. The van der Waals surface area contributed by atoms with Gasteiger partial charge in [0.15, 0.2) is 0 Å². The third-order valence-electron chi connectivity index (χ3n) is 5.60. The molecule has 36 heavy (non-hydrogen) atoms. The van der Waals surface area contributed by atoms with Crippen molar-refractivity contribution >= 4 is 36.2 Å². The SMILES string of the molecule is CC(C)C[C@H](N)C(=O)N(CC(C)C)NC(=O)[C@H](CC(C)C)[C@H](CC=Cc1ccccc1)C(=O)NO.Cl. The van der Waals surface area contributed by atoms with Crippen molar-refractivity contribution in [3.05, 3.63) is 42.0 Å². The van der Waals surface area contributed by atoms with E-state index in [1.165, 1.54) is 5.01 Å². The van der Waals surface area contributed by atoms with Crippen LogP contribution in [0.5, 0.6) is 0 Å². The van der Waals surface area contributed by atoms with Crippen LogP contribution in [0.15, 0.2) is 36.4 Å². The molecule has 0 bridgehead atoms.